The molecular formula is C15H15N3O. The molecule has 0 saturated heterocycles. The molecular weight excluding hydrogens is 238 g/mol. The van der Waals surface area contributed by atoms with Gasteiger partial charge in [0.2, 0.25) is 5.91 Å². The molecule has 0 saturated carbocycles. The number of aromatic nitrogens is 1. The molecule has 0 atom stereocenters. The van der Waals surface area contributed by atoms with E-state index in [1.165, 1.54) is 11.3 Å². The Balaban J connectivity index is 1.66. The fourth-order valence-electron chi connectivity index (χ4n) is 2.28. The topological polar surface area (TPSA) is 54.0 Å². The number of amides is 1. The Bertz CT molecular complexity index is 596. The van der Waals surface area contributed by atoms with Crippen molar-refractivity contribution in [2.24, 2.45) is 0 Å². The number of pyridine rings is 1. The number of anilines is 2. The van der Waals surface area contributed by atoms with Gasteiger partial charge in [0.25, 0.3) is 0 Å². The molecule has 4 nitrogen and oxygen atoms in total. The highest BCUT2D eigenvalue weighted by molar-refractivity contribution is 5.92. The summed E-state index contributed by atoms with van der Waals surface area (Å²) in [6.07, 6.45) is 4.78. The lowest BCUT2D eigenvalue weighted by atomic mass is 10.1. The van der Waals surface area contributed by atoms with Crippen LogP contribution in [0.3, 0.4) is 0 Å². The van der Waals surface area contributed by atoms with E-state index in [0.717, 1.165) is 24.2 Å². The van der Waals surface area contributed by atoms with Gasteiger partial charge in [-0.15, -0.1) is 0 Å². The van der Waals surface area contributed by atoms with E-state index in [9.17, 15) is 4.79 Å². The lowest BCUT2D eigenvalue weighted by molar-refractivity contribution is -0.115. The maximum absolute atomic E-state index is 11.9. The van der Waals surface area contributed by atoms with Gasteiger partial charge in [-0.05, 0) is 41.8 Å². The fraction of sp³-hybridized carbons (Fsp3) is 0.200. The third-order valence-electron chi connectivity index (χ3n) is 3.19. The van der Waals surface area contributed by atoms with Crippen molar-refractivity contribution in [1.29, 1.82) is 0 Å². The molecule has 2 heterocycles. The normalized spacial score (nSPS) is 12.6. The Kier molecular flexibility index (Phi) is 3.14. The van der Waals surface area contributed by atoms with Crippen molar-refractivity contribution in [2.75, 3.05) is 17.2 Å². The van der Waals surface area contributed by atoms with E-state index in [1.54, 1.807) is 12.4 Å². The number of carbonyl (C=O) groups excluding carboxylic acids is 1. The highest BCUT2D eigenvalue weighted by Crippen LogP contribution is 2.25. The fourth-order valence-corrected chi connectivity index (χ4v) is 2.28. The number of rotatable bonds is 3. The molecule has 1 amide bonds. The zero-order valence-corrected chi connectivity index (χ0v) is 10.5. The van der Waals surface area contributed by atoms with Gasteiger partial charge < -0.3 is 10.6 Å². The van der Waals surface area contributed by atoms with E-state index in [2.05, 4.69) is 15.6 Å². The second-order valence-electron chi connectivity index (χ2n) is 4.63. The molecule has 4 heteroatoms. The lowest BCUT2D eigenvalue weighted by Gasteiger charge is -2.07. The summed E-state index contributed by atoms with van der Waals surface area (Å²) < 4.78 is 0. The van der Waals surface area contributed by atoms with Crippen LogP contribution in [0.25, 0.3) is 0 Å². The first-order valence-electron chi connectivity index (χ1n) is 6.37. The molecule has 1 aliphatic rings. The summed E-state index contributed by atoms with van der Waals surface area (Å²) in [6, 6.07) is 9.72. The molecule has 0 unspecified atom stereocenters. The van der Waals surface area contributed by atoms with Gasteiger partial charge in [0.05, 0.1) is 6.42 Å². The molecule has 1 aromatic carbocycles. The molecule has 0 radical (unpaired) electrons. The minimum absolute atomic E-state index is 0.0149. The van der Waals surface area contributed by atoms with Crippen molar-refractivity contribution in [2.45, 2.75) is 12.8 Å². The molecule has 0 bridgehead atoms. The molecule has 2 N–H and O–H groups in total. The van der Waals surface area contributed by atoms with Crippen molar-refractivity contribution in [3.63, 3.8) is 0 Å². The number of benzene rings is 1. The van der Waals surface area contributed by atoms with Gasteiger partial charge >= 0.3 is 0 Å². The number of hydrogen-bond donors (Lipinski definition) is 2. The number of carbonyl (C=O) groups is 1. The van der Waals surface area contributed by atoms with E-state index in [-0.39, 0.29) is 5.91 Å². The summed E-state index contributed by atoms with van der Waals surface area (Å²) in [6.45, 7) is 0.975. The first-order valence-corrected chi connectivity index (χ1v) is 6.37. The van der Waals surface area contributed by atoms with Gasteiger partial charge in [-0.25, -0.2) is 0 Å². The van der Waals surface area contributed by atoms with E-state index in [1.807, 2.05) is 30.3 Å². The van der Waals surface area contributed by atoms with Crippen molar-refractivity contribution in [1.82, 2.24) is 4.98 Å². The maximum atomic E-state index is 11.9. The number of nitrogens with zero attached hydrogens (tertiary/aromatic N) is 1. The van der Waals surface area contributed by atoms with Crippen LogP contribution in [-0.4, -0.2) is 17.4 Å². The maximum Gasteiger partial charge on any atom is 0.228 e. The van der Waals surface area contributed by atoms with Gasteiger partial charge in [-0.3, -0.25) is 9.78 Å². The van der Waals surface area contributed by atoms with Crippen LogP contribution in [0.2, 0.25) is 0 Å². The van der Waals surface area contributed by atoms with Crippen LogP contribution in [0, 0.1) is 0 Å². The molecule has 2 aromatic rings. The number of nitrogens with one attached hydrogen (secondary N) is 2. The van der Waals surface area contributed by atoms with E-state index >= 15 is 0 Å². The SMILES string of the molecule is O=C(Cc1cccnc1)Nc1ccc2c(c1)CCN2. The Labute approximate surface area is 111 Å². The first kappa shape index (κ1) is 11.7. The van der Waals surface area contributed by atoms with Crippen LogP contribution in [0.1, 0.15) is 11.1 Å². The summed E-state index contributed by atoms with van der Waals surface area (Å²) in [4.78, 5) is 15.9. The van der Waals surface area contributed by atoms with E-state index < -0.39 is 0 Å². The third kappa shape index (κ3) is 2.73. The summed E-state index contributed by atoms with van der Waals surface area (Å²) >= 11 is 0. The monoisotopic (exact) mass is 253 g/mol. The Hall–Kier alpha value is -2.36. The highest BCUT2D eigenvalue weighted by Gasteiger charge is 2.11. The minimum Gasteiger partial charge on any atom is -0.384 e. The van der Waals surface area contributed by atoms with Crippen LogP contribution in [0.5, 0.6) is 0 Å². The second-order valence-corrected chi connectivity index (χ2v) is 4.63. The summed E-state index contributed by atoms with van der Waals surface area (Å²) in [7, 11) is 0. The lowest BCUT2D eigenvalue weighted by Crippen LogP contribution is -2.14. The smallest absolute Gasteiger partial charge is 0.228 e. The van der Waals surface area contributed by atoms with Crippen LogP contribution < -0.4 is 10.6 Å². The zero-order valence-electron chi connectivity index (χ0n) is 10.5. The van der Waals surface area contributed by atoms with Crippen LogP contribution in [0.4, 0.5) is 11.4 Å². The Morgan fingerprint density at radius 1 is 1.37 bits per heavy atom. The van der Waals surface area contributed by atoms with E-state index in [0.29, 0.717) is 6.42 Å². The molecule has 96 valence electrons. The molecule has 19 heavy (non-hydrogen) atoms. The standard InChI is InChI=1S/C15H15N3O/c19-15(8-11-2-1-6-16-10-11)18-13-3-4-14-12(9-13)5-7-17-14/h1-4,6,9-10,17H,5,7-8H2,(H,18,19). The summed E-state index contributed by atoms with van der Waals surface area (Å²) in [5, 5.41) is 6.23. The predicted molar refractivity (Wildman–Crippen MR) is 75.2 cm³/mol. The largest absolute Gasteiger partial charge is 0.384 e. The average molecular weight is 253 g/mol. The average Bonchev–Trinajstić information content (AvgIpc) is 2.87. The van der Waals surface area contributed by atoms with Gasteiger partial charge in [-0.1, -0.05) is 6.07 Å². The molecule has 0 spiro atoms. The quantitative estimate of drug-likeness (QED) is 0.882. The highest BCUT2D eigenvalue weighted by atomic mass is 16.1. The Morgan fingerprint density at radius 3 is 3.16 bits per heavy atom. The van der Waals surface area contributed by atoms with Crippen LogP contribution >= 0.6 is 0 Å². The van der Waals surface area contributed by atoms with Crippen LogP contribution in [-0.2, 0) is 17.6 Å². The predicted octanol–water partition coefficient (Wildman–Crippen LogP) is 2.23. The minimum atomic E-state index is -0.0149. The zero-order chi connectivity index (χ0) is 13.1. The van der Waals surface area contributed by atoms with Crippen LogP contribution in [0.15, 0.2) is 42.7 Å². The molecule has 3 rings (SSSR count). The second kappa shape index (κ2) is 5.10. The van der Waals surface area contributed by atoms with Gasteiger partial charge in [0, 0.05) is 30.3 Å². The summed E-state index contributed by atoms with van der Waals surface area (Å²) in [5.41, 5.74) is 4.21. The number of fused-ring (bicyclic) bond motifs is 1. The van der Waals surface area contributed by atoms with Gasteiger partial charge in [-0.2, -0.15) is 0 Å². The Morgan fingerprint density at radius 2 is 2.32 bits per heavy atom. The van der Waals surface area contributed by atoms with E-state index in [4.69, 9.17) is 0 Å². The number of hydrogen-bond acceptors (Lipinski definition) is 3. The summed E-state index contributed by atoms with van der Waals surface area (Å²) in [5.74, 6) is -0.0149. The van der Waals surface area contributed by atoms with Crippen molar-refractivity contribution in [3.8, 4) is 0 Å². The van der Waals surface area contributed by atoms with Crippen molar-refractivity contribution < 1.29 is 4.79 Å². The van der Waals surface area contributed by atoms with Gasteiger partial charge in [0.1, 0.15) is 0 Å². The molecule has 1 aliphatic heterocycles. The molecule has 0 fully saturated rings. The van der Waals surface area contributed by atoms with Gasteiger partial charge in [0.15, 0.2) is 0 Å². The molecule has 0 aliphatic carbocycles. The van der Waals surface area contributed by atoms with Crippen molar-refractivity contribution >= 4 is 17.3 Å². The first-order chi connectivity index (χ1) is 9.31. The third-order valence-corrected chi connectivity index (χ3v) is 3.19. The molecule has 1 aromatic heterocycles. The van der Waals surface area contributed by atoms with Crippen molar-refractivity contribution in [3.05, 3.63) is 53.9 Å².